The van der Waals surface area contributed by atoms with Crippen LogP contribution in [0.1, 0.15) is 38.2 Å². The van der Waals surface area contributed by atoms with Crippen LogP contribution >= 0.6 is 0 Å². The Morgan fingerprint density at radius 3 is 2.71 bits per heavy atom. The predicted molar refractivity (Wildman–Crippen MR) is 82.6 cm³/mol. The molecule has 0 spiro atoms. The van der Waals surface area contributed by atoms with Crippen molar-refractivity contribution in [3.63, 3.8) is 0 Å². The smallest absolute Gasteiger partial charge is 0.246 e. The number of aryl methyl sites for hydroxylation is 1. The average Bonchev–Trinajstić information content (AvgIpc) is 3.15. The minimum absolute atomic E-state index is 0.262. The molecule has 2 rings (SSSR count). The first-order valence-electron chi connectivity index (χ1n) is 7.31. The van der Waals surface area contributed by atoms with Crippen LogP contribution in [-0.4, -0.2) is 31.9 Å². The van der Waals surface area contributed by atoms with Crippen molar-refractivity contribution in [2.75, 3.05) is 13.1 Å². The number of rotatable bonds is 8. The van der Waals surface area contributed by atoms with Crippen LogP contribution in [0.3, 0.4) is 0 Å². The maximum absolute atomic E-state index is 12.7. The minimum atomic E-state index is -3.53. The molecule has 1 aliphatic rings. The molecule has 1 N–H and O–H groups in total. The van der Waals surface area contributed by atoms with Gasteiger partial charge in [0.05, 0.1) is 6.54 Å². The molecule has 1 heterocycles. The molecular formula is C15H24N2O3S. The lowest BCUT2D eigenvalue weighted by Crippen LogP contribution is -2.32. The van der Waals surface area contributed by atoms with E-state index in [2.05, 4.69) is 11.9 Å². The molecule has 0 unspecified atom stereocenters. The van der Waals surface area contributed by atoms with Gasteiger partial charge in [0.1, 0.15) is 16.4 Å². The maximum atomic E-state index is 12.7. The molecule has 0 atom stereocenters. The summed E-state index contributed by atoms with van der Waals surface area (Å²) in [6, 6.07) is 2.20. The van der Waals surface area contributed by atoms with Gasteiger partial charge in [0, 0.05) is 25.2 Å². The molecule has 0 radical (unpaired) electrons. The fourth-order valence-electron chi connectivity index (χ4n) is 2.21. The Kier molecular flexibility index (Phi) is 4.91. The Bertz CT molecular complexity index is 615. The van der Waals surface area contributed by atoms with Gasteiger partial charge < -0.3 is 9.73 Å². The number of hydrogen-bond donors (Lipinski definition) is 1. The number of hydrogen-bond acceptors (Lipinski definition) is 4. The van der Waals surface area contributed by atoms with Crippen LogP contribution in [0.25, 0.3) is 0 Å². The molecule has 1 saturated carbocycles. The van der Waals surface area contributed by atoms with Crippen LogP contribution in [0.4, 0.5) is 0 Å². The fraction of sp³-hybridized carbons (Fsp3) is 0.600. The van der Waals surface area contributed by atoms with E-state index in [0.717, 1.165) is 5.57 Å². The van der Waals surface area contributed by atoms with Gasteiger partial charge in [0.15, 0.2) is 0 Å². The van der Waals surface area contributed by atoms with E-state index >= 15 is 0 Å². The minimum Gasteiger partial charge on any atom is -0.464 e. The Labute approximate surface area is 127 Å². The third-order valence-electron chi connectivity index (χ3n) is 3.48. The standard InChI is InChI=1S/C15H24N2O3S/c1-5-17(10-11(2)3)21(18,19)15-8-14(20-12(15)4)9-16-13-6-7-13/h8,13,16H,2,5-7,9-10H2,1,3-4H3. The second-order valence-electron chi connectivity index (χ2n) is 5.68. The summed E-state index contributed by atoms with van der Waals surface area (Å²) >= 11 is 0. The molecule has 1 aliphatic carbocycles. The number of sulfonamides is 1. The van der Waals surface area contributed by atoms with Crippen molar-refractivity contribution in [1.29, 1.82) is 0 Å². The first kappa shape index (κ1) is 16.3. The molecule has 1 aromatic heterocycles. The summed E-state index contributed by atoms with van der Waals surface area (Å²) in [4.78, 5) is 0.262. The number of furan rings is 1. The third-order valence-corrected chi connectivity index (χ3v) is 5.51. The number of nitrogens with zero attached hydrogens (tertiary/aromatic N) is 1. The molecule has 21 heavy (non-hydrogen) atoms. The van der Waals surface area contributed by atoms with Gasteiger partial charge in [-0.05, 0) is 26.7 Å². The predicted octanol–water partition coefficient (Wildman–Crippen LogP) is 2.43. The molecule has 0 bridgehead atoms. The second kappa shape index (κ2) is 6.34. The van der Waals surface area contributed by atoms with Gasteiger partial charge in [-0.3, -0.25) is 0 Å². The van der Waals surface area contributed by atoms with Gasteiger partial charge in [-0.15, -0.1) is 0 Å². The van der Waals surface area contributed by atoms with Crippen LogP contribution in [0.5, 0.6) is 0 Å². The monoisotopic (exact) mass is 312 g/mol. The molecule has 0 aromatic carbocycles. The highest BCUT2D eigenvalue weighted by Crippen LogP contribution is 2.25. The average molecular weight is 312 g/mol. The lowest BCUT2D eigenvalue weighted by Gasteiger charge is -2.19. The summed E-state index contributed by atoms with van der Waals surface area (Å²) in [7, 11) is -3.53. The molecule has 118 valence electrons. The van der Waals surface area contributed by atoms with Crippen molar-refractivity contribution in [2.45, 2.75) is 51.1 Å². The highest BCUT2D eigenvalue weighted by Gasteiger charge is 2.28. The van der Waals surface area contributed by atoms with E-state index < -0.39 is 10.0 Å². The molecule has 1 aromatic rings. The lowest BCUT2D eigenvalue weighted by atomic mass is 10.3. The van der Waals surface area contributed by atoms with Crippen molar-refractivity contribution >= 4 is 10.0 Å². The lowest BCUT2D eigenvalue weighted by molar-refractivity contribution is 0.441. The van der Waals surface area contributed by atoms with Crippen LogP contribution in [0.15, 0.2) is 27.5 Å². The normalized spacial score (nSPS) is 15.6. The van der Waals surface area contributed by atoms with Crippen LogP contribution in [-0.2, 0) is 16.6 Å². The number of nitrogens with one attached hydrogen (secondary N) is 1. The summed E-state index contributed by atoms with van der Waals surface area (Å²) < 4.78 is 32.4. The highest BCUT2D eigenvalue weighted by molar-refractivity contribution is 7.89. The molecule has 0 saturated heterocycles. The van der Waals surface area contributed by atoms with Crippen molar-refractivity contribution in [3.05, 3.63) is 29.7 Å². The van der Waals surface area contributed by atoms with Crippen molar-refractivity contribution in [2.24, 2.45) is 0 Å². The summed E-state index contributed by atoms with van der Waals surface area (Å²) in [5.74, 6) is 1.12. The zero-order valence-corrected chi connectivity index (χ0v) is 13.8. The summed E-state index contributed by atoms with van der Waals surface area (Å²) in [6.07, 6.45) is 2.38. The number of likely N-dealkylation sites (N-methyl/N-ethyl adjacent to an activating group) is 1. The Morgan fingerprint density at radius 1 is 1.52 bits per heavy atom. The quantitative estimate of drug-likeness (QED) is 0.749. The van der Waals surface area contributed by atoms with Crippen LogP contribution in [0.2, 0.25) is 0 Å². The van der Waals surface area contributed by atoms with Crippen molar-refractivity contribution in [3.8, 4) is 0 Å². The van der Waals surface area contributed by atoms with Gasteiger partial charge in [-0.25, -0.2) is 8.42 Å². The van der Waals surface area contributed by atoms with Gasteiger partial charge in [0.2, 0.25) is 10.0 Å². The van der Waals surface area contributed by atoms with Gasteiger partial charge in [-0.1, -0.05) is 19.1 Å². The summed E-state index contributed by atoms with van der Waals surface area (Å²) in [6.45, 7) is 10.5. The highest BCUT2D eigenvalue weighted by atomic mass is 32.2. The van der Waals surface area contributed by atoms with E-state index in [9.17, 15) is 8.42 Å². The molecule has 1 fully saturated rings. The van der Waals surface area contributed by atoms with E-state index in [1.165, 1.54) is 17.1 Å². The van der Waals surface area contributed by atoms with Crippen molar-refractivity contribution in [1.82, 2.24) is 9.62 Å². The molecule has 5 nitrogen and oxygen atoms in total. The zero-order valence-electron chi connectivity index (χ0n) is 13.0. The Balaban J connectivity index is 2.19. The first-order chi connectivity index (χ1) is 9.84. The topological polar surface area (TPSA) is 62.6 Å². The molecular weight excluding hydrogens is 288 g/mol. The van der Waals surface area contributed by atoms with Gasteiger partial charge >= 0.3 is 0 Å². The Hall–Kier alpha value is -1.11. The fourth-order valence-corrected chi connectivity index (χ4v) is 3.90. The maximum Gasteiger partial charge on any atom is 0.246 e. The largest absolute Gasteiger partial charge is 0.464 e. The van der Waals surface area contributed by atoms with Gasteiger partial charge in [0.25, 0.3) is 0 Å². The second-order valence-corrected chi connectivity index (χ2v) is 7.58. The Morgan fingerprint density at radius 2 is 2.19 bits per heavy atom. The van der Waals surface area contributed by atoms with Crippen LogP contribution < -0.4 is 5.32 Å². The van der Waals surface area contributed by atoms with Crippen LogP contribution in [0, 0.1) is 6.92 Å². The molecule has 0 aliphatic heterocycles. The summed E-state index contributed by atoms with van der Waals surface area (Å²) in [5, 5.41) is 3.32. The van der Waals surface area contributed by atoms with E-state index in [0.29, 0.717) is 37.2 Å². The molecule has 0 amide bonds. The zero-order chi connectivity index (χ0) is 15.6. The van der Waals surface area contributed by atoms with Gasteiger partial charge in [-0.2, -0.15) is 4.31 Å². The summed E-state index contributed by atoms with van der Waals surface area (Å²) in [5.41, 5.74) is 0.817. The van der Waals surface area contributed by atoms with Crippen molar-refractivity contribution < 1.29 is 12.8 Å². The van der Waals surface area contributed by atoms with E-state index in [1.807, 2.05) is 13.8 Å². The SMILES string of the molecule is C=C(C)CN(CC)S(=O)(=O)c1cc(CNC2CC2)oc1C. The van der Waals surface area contributed by atoms with E-state index in [1.54, 1.807) is 13.0 Å². The molecule has 6 heteroatoms. The third kappa shape index (κ3) is 3.96. The van der Waals surface area contributed by atoms with E-state index in [4.69, 9.17) is 4.42 Å². The van der Waals surface area contributed by atoms with E-state index in [-0.39, 0.29) is 4.90 Å². The first-order valence-corrected chi connectivity index (χ1v) is 8.75.